The fourth-order valence-corrected chi connectivity index (χ4v) is 2.72. The van der Waals surface area contributed by atoms with E-state index in [1.807, 2.05) is 13.8 Å². The Morgan fingerprint density at radius 3 is 2.55 bits per heavy atom. The SMILES string of the molecule is COc1ccc(C(=O)NC(c2nc(-c3cccc([N+](=O)[O-])c3)no2)C(C)C)cc1. The summed E-state index contributed by atoms with van der Waals surface area (Å²) in [6, 6.07) is 12.2. The van der Waals surface area contributed by atoms with Crippen molar-refractivity contribution in [2.75, 3.05) is 7.11 Å². The Morgan fingerprint density at radius 2 is 1.93 bits per heavy atom. The minimum Gasteiger partial charge on any atom is -0.497 e. The van der Waals surface area contributed by atoms with Gasteiger partial charge in [0.1, 0.15) is 11.8 Å². The summed E-state index contributed by atoms with van der Waals surface area (Å²) in [7, 11) is 1.55. The predicted molar refractivity (Wildman–Crippen MR) is 104 cm³/mol. The lowest BCUT2D eigenvalue weighted by Gasteiger charge is -2.18. The van der Waals surface area contributed by atoms with Crippen LogP contribution in [-0.4, -0.2) is 28.1 Å². The lowest BCUT2D eigenvalue weighted by Crippen LogP contribution is -2.32. The third-order valence-electron chi connectivity index (χ3n) is 4.33. The van der Waals surface area contributed by atoms with Crippen LogP contribution in [0.5, 0.6) is 5.75 Å². The summed E-state index contributed by atoms with van der Waals surface area (Å²) in [5.41, 5.74) is 0.857. The van der Waals surface area contributed by atoms with Gasteiger partial charge in [0.2, 0.25) is 11.7 Å². The van der Waals surface area contributed by atoms with Crippen LogP contribution in [0.3, 0.4) is 0 Å². The van der Waals surface area contributed by atoms with E-state index in [0.717, 1.165) is 0 Å². The second kappa shape index (κ2) is 8.51. The molecule has 1 aromatic heterocycles. The highest BCUT2D eigenvalue weighted by atomic mass is 16.6. The molecule has 0 saturated heterocycles. The molecule has 1 heterocycles. The van der Waals surface area contributed by atoms with Gasteiger partial charge in [-0.1, -0.05) is 31.1 Å². The first-order valence-electron chi connectivity index (χ1n) is 8.92. The summed E-state index contributed by atoms with van der Waals surface area (Å²) in [6.45, 7) is 3.83. The van der Waals surface area contributed by atoms with Crippen molar-refractivity contribution in [3.05, 3.63) is 70.1 Å². The molecule has 9 heteroatoms. The van der Waals surface area contributed by atoms with Crippen molar-refractivity contribution in [1.29, 1.82) is 0 Å². The molecule has 3 rings (SSSR count). The van der Waals surface area contributed by atoms with Crippen LogP contribution in [0, 0.1) is 16.0 Å². The first-order valence-corrected chi connectivity index (χ1v) is 8.92. The number of benzene rings is 2. The second-order valence-corrected chi connectivity index (χ2v) is 6.69. The van der Waals surface area contributed by atoms with Crippen molar-refractivity contribution in [2.45, 2.75) is 19.9 Å². The zero-order valence-electron chi connectivity index (χ0n) is 16.2. The molecule has 0 fully saturated rings. The summed E-state index contributed by atoms with van der Waals surface area (Å²) >= 11 is 0. The Labute approximate surface area is 166 Å². The van der Waals surface area contributed by atoms with E-state index in [-0.39, 0.29) is 29.2 Å². The van der Waals surface area contributed by atoms with Crippen molar-refractivity contribution in [3.8, 4) is 17.1 Å². The molecule has 0 aliphatic carbocycles. The minimum atomic E-state index is -0.524. The number of nitro benzene ring substituents is 1. The highest BCUT2D eigenvalue weighted by molar-refractivity contribution is 5.94. The number of non-ortho nitro benzene ring substituents is 1. The highest BCUT2D eigenvalue weighted by Crippen LogP contribution is 2.26. The van der Waals surface area contributed by atoms with E-state index in [4.69, 9.17) is 9.26 Å². The monoisotopic (exact) mass is 396 g/mol. The van der Waals surface area contributed by atoms with E-state index in [0.29, 0.717) is 16.9 Å². The van der Waals surface area contributed by atoms with Crippen molar-refractivity contribution in [1.82, 2.24) is 15.5 Å². The molecule has 3 aromatic rings. The van der Waals surface area contributed by atoms with Crippen LogP contribution >= 0.6 is 0 Å². The van der Waals surface area contributed by atoms with Gasteiger partial charge in [0.25, 0.3) is 11.6 Å². The lowest BCUT2D eigenvalue weighted by molar-refractivity contribution is -0.384. The molecule has 0 aliphatic rings. The number of rotatable bonds is 7. The summed E-state index contributed by atoms with van der Waals surface area (Å²) < 4.78 is 10.4. The molecular weight excluding hydrogens is 376 g/mol. The molecule has 1 N–H and O–H groups in total. The summed E-state index contributed by atoms with van der Waals surface area (Å²) in [5.74, 6) is 0.772. The Morgan fingerprint density at radius 1 is 1.21 bits per heavy atom. The second-order valence-electron chi connectivity index (χ2n) is 6.69. The summed E-state index contributed by atoms with van der Waals surface area (Å²) in [5, 5.41) is 17.8. The van der Waals surface area contributed by atoms with Gasteiger partial charge in [0, 0.05) is 23.3 Å². The third kappa shape index (κ3) is 4.57. The van der Waals surface area contributed by atoms with Crippen LogP contribution < -0.4 is 10.1 Å². The first-order chi connectivity index (χ1) is 13.9. The number of nitro groups is 1. The topological polar surface area (TPSA) is 120 Å². The molecule has 0 bridgehead atoms. The molecule has 1 unspecified atom stereocenters. The molecule has 1 atom stereocenters. The molecule has 2 aromatic carbocycles. The van der Waals surface area contributed by atoms with E-state index in [1.165, 1.54) is 12.1 Å². The van der Waals surface area contributed by atoms with Gasteiger partial charge in [0.15, 0.2) is 0 Å². The molecule has 0 saturated carbocycles. The number of aromatic nitrogens is 2. The number of methoxy groups -OCH3 is 1. The molecule has 0 radical (unpaired) electrons. The smallest absolute Gasteiger partial charge is 0.270 e. The van der Waals surface area contributed by atoms with Gasteiger partial charge in [0.05, 0.1) is 12.0 Å². The van der Waals surface area contributed by atoms with E-state index < -0.39 is 11.0 Å². The average molecular weight is 396 g/mol. The van der Waals surface area contributed by atoms with Crippen LogP contribution in [0.25, 0.3) is 11.4 Å². The van der Waals surface area contributed by atoms with Crippen LogP contribution in [0.15, 0.2) is 53.1 Å². The highest BCUT2D eigenvalue weighted by Gasteiger charge is 2.25. The van der Waals surface area contributed by atoms with Crippen LogP contribution in [0.1, 0.15) is 36.1 Å². The quantitative estimate of drug-likeness (QED) is 0.476. The van der Waals surface area contributed by atoms with Crippen LogP contribution in [-0.2, 0) is 0 Å². The maximum atomic E-state index is 12.6. The Bertz CT molecular complexity index is 1010. The van der Waals surface area contributed by atoms with Crippen molar-refractivity contribution >= 4 is 11.6 Å². The molecule has 9 nitrogen and oxygen atoms in total. The normalized spacial score (nSPS) is 11.9. The maximum Gasteiger partial charge on any atom is 0.270 e. The Kier molecular flexibility index (Phi) is 5.87. The number of nitrogens with one attached hydrogen (secondary N) is 1. The predicted octanol–water partition coefficient (Wildman–Crippen LogP) is 3.78. The number of hydrogen-bond donors (Lipinski definition) is 1. The van der Waals surface area contributed by atoms with Crippen molar-refractivity contribution in [3.63, 3.8) is 0 Å². The zero-order chi connectivity index (χ0) is 21.0. The van der Waals surface area contributed by atoms with E-state index in [2.05, 4.69) is 15.5 Å². The number of carbonyl (C=O) groups excluding carboxylic acids is 1. The van der Waals surface area contributed by atoms with E-state index in [9.17, 15) is 14.9 Å². The molecule has 29 heavy (non-hydrogen) atoms. The maximum absolute atomic E-state index is 12.6. The lowest BCUT2D eigenvalue weighted by atomic mass is 10.0. The third-order valence-corrected chi connectivity index (χ3v) is 4.33. The van der Waals surface area contributed by atoms with Gasteiger partial charge in [-0.05, 0) is 30.2 Å². The number of nitrogens with zero attached hydrogens (tertiary/aromatic N) is 3. The number of carbonyl (C=O) groups is 1. The molecule has 1 amide bonds. The van der Waals surface area contributed by atoms with Gasteiger partial charge < -0.3 is 14.6 Å². The molecular formula is C20H20N4O5. The van der Waals surface area contributed by atoms with Crippen LogP contribution in [0.4, 0.5) is 5.69 Å². The summed E-state index contributed by atoms with van der Waals surface area (Å²) in [6.07, 6.45) is 0. The Hall–Kier alpha value is -3.75. The number of hydrogen-bond acceptors (Lipinski definition) is 7. The van der Waals surface area contributed by atoms with Gasteiger partial charge in [-0.15, -0.1) is 0 Å². The van der Waals surface area contributed by atoms with E-state index in [1.54, 1.807) is 43.5 Å². The average Bonchev–Trinajstić information content (AvgIpc) is 3.21. The van der Waals surface area contributed by atoms with Crippen molar-refractivity contribution in [2.24, 2.45) is 5.92 Å². The standard InChI is InChI=1S/C20H20N4O5/c1-12(2)17(21-19(25)13-7-9-16(28-3)10-8-13)20-22-18(23-29-20)14-5-4-6-15(11-14)24(26)27/h4-12,17H,1-3H3,(H,21,25). The fraction of sp³-hybridized carbons (Fsp3) is 0.250. The number of amides is 1. The zero-order valence-corrected chi connectivity index (χ0v) is 16.2. The number of ether oxygens (including phenoxy) is 1. The fourth-order valence-electron chi connectivity index (χ4n) is 2.72. The van der Waals surface area contributed by atoms with Crippen molar-refractivity contribution < 1.29 is 19.0 Å². The minimum absolute atomic E-state index is 0.0318. The van der Waals surface area contributed by atoms with Gasteiger partial charge in [-0.25, -0.2) is 0 Å². The van der Waals surface area contributed by atoms with Gasteiger partial charge in [-0.2, -0.15) is 4.98 Å². The molecule has 150 valence electrons. The summed E-state index contributed by atoms with van der Waals surface area (Å²) in [4.78, 5) is 27.4. The van der Waals surface area contributed by atoms with Gasteiger partial charge >= 0.3 is 0 Å². The van der Waals surface area contributed by atoms with Crippen LogP contribution in [0.2, 0.25) is 0 Å². The van der Waals surface area contributed by atoms with Gasteiger partial charge in [-0.3, -0.25) is 14.9 Å². The Balaban J connectivity index is 1.82. The molecule has 0 spiro atoms. The largest absolute Gasteiger partial charge is 0.497 e. The molecule has 0 aliphatic heterocycles. The first kappa shape index (κ1) is 20.0. The van der Waals surface area contributed by atoms with E-state index >= 15 is 0 Å².